The number of rotatable bonds is 2. The molecule has 0 spiro atoms. The molecule has 0 radical (unpaired) electrons. The molecule has 1 aromatic rings. The maximum absolute atomic E-state index is 12.6. The Kier molecular flexibility index (Phi) is 3.64. The molecule has 1 saturated heterocycles. The molecule has 104 valence electrons. The number of hydrogen-bond donors (Lipinski definition) is 2. The van der Waals surface area contributed by atoms with Crippen molar-refractivity contribution in [1.82, 2.24) is 4.98 Å². The van der Waals surface area contributed by atoms with E-state index in [1.54, 1.807) is 12.1 Å². The summed E-state index contributed by atoms with van der Waals surface area (Å²) in [4.78, 5) is 5.82. The van der Waals surface area contributed by atoms with Crippen LogP contribution in [0.5, 0.6) is 0 Å². The van der Waals surface area contributed by atoms with E-state index >= 15 is 0 Å². The van der Waals surface area contributed by atoms with E-state index in [-0.39, 0.29) is 18.7 Å². The molecular formula is C12H15F3N4. The number of nitrogen functional groups attached to an aromatic ring is 1. The van der Waals surface area contributed by atoms with Gasteiger partial charge in [-0.05, 0) is 25.0 Å². The summed E-state index contributed by atoms with van der Waals surface area (Å²) in [7, 11) is 0. The van der Waals surface area contributed by atoms with Crippen LogP contribution in [0.1, 0.15) is 18.5 Å². The third kappa shape index (κ3) is 2.97. The molecule has 0 unspecified atom stereocenters. The van der Waals surface area contributed by atoms with E-state index in [2.05, 4.69) is 4.98 Å². The zero-order chi connectivity index (χ0) is 14.0. The van der Waals surface area contributed by atoms with Crippen LogP contribution in [0, 0.1) is 11.3 Å². The highest BCUT2D eigenvalue weighted by Crippen LogP contribution is 2.35. The lowest BCUT2D eigenvalue weighted by atomic mass is 9.96. The van der Waals surface area contributed by atoms with Crippen LogP contribution < -0.4 is 10.6 Å². The number of anilines is 1. The number of aromatic nitrogens is 1. The van der Waals surface area contributed by atoms with E-state index in [1.807, 2.05) is 4.90 Å². The quantitative estimate of drug-likeness (QED) is 0.640. The third-order valence-corrected chi connectivity index (χ3v) is 3.34. The number of alkyl halides is 3. The fourth-order valence-corrected chi connectivity index (χ4v) is 2.31. The van der Waals surface area contributed by atoms with Gasteiger partial charge in [0.25, 0.3) is 0 Å². The average Bonchev–Trinajstić information content (AvgIpc) is 2.38. The highest BCUT2D eigenvalue weighted by molar-refractivity contribution is 5.98. The van der Waals surface area contributed by atoms with Crippen LogP contribution in [0.15, 0.2) is 18.3 Å². The highest BCUT2D eigenvalue weighted by atomic mass is 19.4. The lowest BCUT2D eigenvalue weighted by Crippen LogP contribution is -2.40. The molecule has 1 aliphatic heterocycles. The van der Waals surface area contributed by atoms with Gasteiger partial charge in [-0.3, -0.25) is 10.4 Å². The summed E-state index contributed by atoms with van der Waals surface area (Å²) in [5, 5.41) is 7.44. The monoisotopic (exact) mass is 272 g/mol. The predicted molar refractivity (Wildman–Crippen MR) is 66.2 cm³/mol. The van der Waals surface area contributed by atoms with Crippen LogP contribution in [0.25, 0.3) is 0 Å². The summed E-state index contributed by atoms with van der Waals surface area (Å²) in [5.74, 6) is -1.41. The first-order chi connectivity index (χ1) is 8.89. The maximum atomic E-state index is 12.6. The number of nitrogens with two attached hydrogens (primary N) is 1. The molecule has 0 aromatic carbocycles. The van der Waals surface area contributed by atoms with Gasteiger partial charge in [-0.2, -0.15) is 13.2 Å². The van der Waals surface area contributed by atoms with Crippen LogP contribution in [-0.2, 0) is 0 Å². The van der Waals surface area contributed by atoms with Crippen molar-refractivity contribution >= 4 is 11.5 Å². The Bertz CT molecular complexity index is 464. The molecule has 0 atom stereocenters. The molecule has 1 aliphatic rings. The van der Waals surface area contributed by atoms with Crippen molar-refractivity contribution in [3.63, 3.8) is 0 Å². The van der Waals surface area contributed by atoms with Gasteiger partial charge in [0, 0.05) is 19.3 Å². The molecule has 0 bridgehead atoms. The van der Waals surface area contributed by atoms with Gasteiger partial charge in [0.1, 0.15) is 11.5 Å². The van der Waals surface area contributed by atoms with Crippen LogP contribution in [0.2, 0.25) is 0 Å². The van der Waals surface area contributed by atoms with Gasteiger partial charge in [-0.25, -0.2) is 0 Å². The second-order valence-corrected chi connectivity index (χ2v) is 4.59. The predicted octanol–water partition coefficient (Wildman–Crippen LogP) is 2.14. The Morgan fingerprint density at radius 1 is 1.37 bits per heavy atom. The van der Waals surface area contributed by atoms with Gasteiger partial charge in [0.2, 0.25) is 0 Å². The molecule has 7 heteroatoms. The van der Waals surface area contributed by atoms with Crippen LogP contribution in [0.4, 0.5) is 18.9 Å². The zero-order valence-corrected chi connectivity index (χ0v) is 10.2. The van der Waals surface area contributed by atoms with Crippen LogP contribution in [-0.4, -0.2) is 30.1 Å². The molecule has 1 aromatic heterocycles. The molecule has 19 heavy (non-hydrogen) atoms. The van der Waals surface area contributed by atoms with Crippen molar-refractivity contribution in [2.45, 2.75) is 19.0 Å². The second-order valence-electron chi connectivity index (χ2n) is 4.59. The normalized spacial score (nSPS) is 17.5. The first-order valence-corrected chi connectivity index (χ1v) is 6.00. The Morgan fingerprint density at radius 3 is 2.53 bits per heavy atom. The molecule has 2 heterocycles. The third-order valence-electron chi connectivity index (χ3n) is 3.34. The molecule has 3 N–H and O–H groups in total. The molecular weight excluding hydrogens is 257 g/mol. The van der Waals surface area contributed by atoms with Crippen molar-refractivity contribution in [2.75, 3.05) is 18.0 Å². The lowest BCUT2D eigenvalue weighted by molar-refractivity contribution is -0.179. The highest BCUT2D eigenvalue weighted by Gasteiger charge is 2.41. The summed E-state index contributed by atoms with van der Waals surface area (Å²) < 4.78 is 37.8. The van der Waals surface area contributed by atoms with E-state index < -0.39 is 12.1 Å². The number of piperidine rings is 1. The van der Waals surface area contributed by atoms with Gasteiger partial charge >= 0.3 is 6.18 Å². The summed E-state index contributed by atoms with van der Waals surface area (Å²) in [5.41, 5.74) is 6.39. The van der Waals surface area contributed by atoms with E-state index in [4.69, 9.17) is 11.1 Å². The van der Waals surface area contributed by atoms with Gasteiger partial charge in [0.15, 0.2) is 0 Å². The van der Waals surface area contributed by atoms with Crippen LogP contribution in [0.3, 0.4) is 0 Å². The topological polar surface area (TPSA) is 66.0 Å². The number of nitrogens with zero attached hydrogens (tertiary/aromatic N) is 2. The standard InChI is InChI=1S/C12H15F3N4/c13-12(14,15)8-3-6-19(7-4-8)9-2-1-5-18-10(9)11(16)17/h1-2,5,8H,3-4,6-7H2,(H3,16,17). The minimum absolute atomic E-state index is 0.0652. The Labute approximate surface area is 108 Å². The molecule has 0 saturated carbocycles. The van der Waals surface area contributed by atoms with E-state index in [9.17, 15) is 13.2 Å². The molecule has 0 aliphatic carbocycles. The van der Waals surface area contributed by atoms with Crippen molar-refractivity contribution in [3.05, 3.63) is 24.0 Å². The molecule has 2 rings (SSSR count). The number of amidine groups is 1. The van der Waals surface area contributed by atoms with E-state index in [0.717, 1.165) is 0 Å². The van der Waals surface area contributed by atoms with Gasteiger partial charge in [0.05, 0.1) is 11.6 Å². The van der Waals surface area contributed by atoms with Crippen LogP contribution >= 0.6 is 0 Å². The lowest BCUT2D eigenvalue weighted by Gasteiger charge is -2.34. The Balaban J connectivity index is 2.12. The second kappa shape index (κ2) is 5.07. The van der Waals surface area contributed by atoms with Gasteiger partial charge in [-0.15, -0.1) is 0 Å². The zero-order valence-electron chi connectivity index (χ0n) is 10.2. The van der Waals surface area contributed by atoms with Crippen molar-refractivity contribution in [3.8, 4) is 0 Å². The first kappa shape index (κ1) is 13.6. The summed E-state index contributed by atoms with van der Waals surface area (Å²) in [6.07, 6.45) is -2.47. The molecule has 4 nitrogen and oxygen atoms in total. The number of hydrogen-bond acceptors (Lipinski definition) is 3. The summed E-state index contributed by atoms with van der Waals surface area (Å²) in [6, 6.07) is 3.43. The fraction of sp³-hybridized carbons (Fsp3) is 0.500. The summed E-state index contributed by atoms with van der Waals surface area (Å²) in [6.45, 7) is 0.603. The van der Waals surface area contributed by atoms with E-state index in [0.29, 0.717) is 24.5 Å². The number of pyridine rings is 1. The fourth-order valence-electron chi connectivity index (χ4n) is 2.31. The van der Waals surface area contributed by atoms with Crippen molar-refractivity contribution in [1.29, 1.82) is 5.41 Å². The Hall–Kier alpha value is -1.79. The number of nitrogens with one attached hydrogen (secondary N) is 1. The minimum Gasteiger partial charge on any atom is -0.382 e. The van der Waals surface area contributed by atoms with E-state index in [1.165, 1.54) is 6.20 Å². The largest absolute Gasteiger partial charge is 0.391 e. The summed E-state index contributed by atoms with van der Waals surface area (Å²) >= 11 is 0. The SMILES string of the molecule is N=C(N)c1ncccc1N1CCC(C(F)(F)F)CC1. The maximum Gasteiger partial charge on any atom is 0.391 e. The first-order valence-electron chi connectivity index (χ1n) is 6.00. The number of halogens is 3. The molecule has 0 amide bonds. The smallest absolute Gasteiger partial charge is 0.382 e. The average molecular weight is 272 g/mol. The van der Waals surface area contributed by atoms with Gasteiger partial charge in [-0.1, -0.05) is 0 Å². The Morgan fingerprint density at radius 2 is 2.00 bits per heavy atom. The molecule has 1 fully saturated rings. The van der Waals surface area contributed by atoms with Crippen molar-refractivity contribution < 1.29 is 13.2 Å². The van der Waals surface area contributed by atoms with Crippen molar-refractivity contribution in [2.24, 2.45) is 11.7 Å². The minimum atomic E-state index is -4.12. The van der Waals surface area contributed by atoms with Gasteiger partial charge < -0.3 is 10.6 Å².